The van der Waals surface area contributed by atoms with Crippen LogP contribution in [0.1, 0.15) is 20.8 Å². The van der Waals surface area contributed by atoms with Crippen molar-refractivity contribution in [3.05, 3.63) is 0 Å². The van der Waals surface area contributed by atoms with Gasteiger partial charge in [-0.15, -0.1) is 0 Å². The molecule has 0 atom stereocenters. The maximum absolute atomic E-state index is 5.04. The zero-order chi connectivity index (χ0) is 5.91. The fourth-order valence-corrected chi connectivity index (χ4v) is 0.465. The summed E-state index contributed by atoms with van der Waals surface area (Å²) in [6.45, 7) is 6.38. The molecule has 0 rings (SSSR count). The fourth-order valence-electron chi connectivity index (χ4n) is 0.348. The monoisotopic (exact) mass is 119 g/mol. The molecule has 7 heavy (non-hydrogen) atoms. The van der Waals surface area contributed by atoms with Gasteiger partial charge in [0.15, 0.2) is 0 Å². The lowest BCUT2D eigenvalue weighted by molar-refractivity contribution is 0.0643. The molecular formula is C5H11OS. The van der Waals surface area contributed by atoms with Crippen molar-refractivity contribution in [1.29, 1.82) is 0 Å². The van der Waals surface area contributed by atoms with Gasteiger partial charge >= 0.3 is 0 Å². The predicted molar refractivity (Wildman–Crippen MR) is 33.3 cm³/mol. The molecule has 0 amide bonds. The number of rotatable bonds is 2. The molecule has 0 aromatic carbocycles. The van der Waals surface area contributed by atoms with Crippen LogP contribution in [0.25, 0.3) is 0 Å². The van der Waals surface area contributed by atoms with Crippen LogP contribution in [0.3, 0.4) is 0 Å². The molecule has 0 aromatic heterocycles. The summed E-state index contributed by atoms with van der Waals surface area (Å²) in [7, 11) is 0. The SMILES string of the molecule is CCOC(C)(C)[S]. The first-order chi connectivity index (χ1) is 3.06. The van der Waals surface area contributed by atoms with Crippen molar-refractivity contribution in [2.24, 2.45) is 0 Å². The number of hydrogen-bond acceptors (Lipinski definition) is 1. The molecule has 1 nitrogen and oxygen atoms in total. The molecule has 1 radical (unpaired) electrons. The summed E-state index contributed by atoms with van der Waals surface area (Å²) in [5.74, 6) is 0. The number of ether oxygens (including phenoxy) is 1. The second-order valence-corrected chi connectivity index (χ2v) is 2.82. The van der Waals surface area contributed by atoms with Crippen LogP contribution in [0.5, 0.6) is 0 Å². The van der Waals surface area contributed by atoms with E-state index in [0.29, 0.717) is 6.61 Å². The Kier molecular flexibility index (Phi) is 2.69. The highest BCUT2D eigenvalue weighted by molar-refractivity contribution is 7.81. The van der Waals surface area contributed by atoms with Gasteiger partial charge in [-0.1, -0.05) is 12.6 Å². The van der Waals surface area contributed by atoms with Crippen LogP contribution in [0.15, 0.2) is 0 Å². The van der Waals surface area contributed by atoms with Gasteiger partial charge in [0.25, 0.3) is 0 Å². The molecule has 0 aliphatic heterocycles. The van der Waals surface area contributed by atoms with E-state index in [1.54, 1.807) is 0 Å². The third-order valence-electron chi connectivity index (χ3n) is 0.492. The Morgan fingerprint density at radius 3 is 2.00 bits per heavy atom. The van der Waals surface area contributed by atoms with E-state index in [1.165, 1.54) is 0 Å². The smallest absolute Gasteiger partial charge is 0.118 e. The minimum Gasteiger partial charge on any atom is -0.364 e. The Balaban J connectivity index is 3.15. The molecule has 0 heterocycles. The Bertz CT molecular complexity index is 46.5. The van der Waals surface area contributed by atoms with Crippen molar-refractivity contribution < 1.29 is 4.74 Å². The summed E-state index contributed by atoms with van der Waals surface area (Å²) in [6.07, 6.45) is 0. The maximum atomic E-state index is 5.04. The summed E-state index contributed by atoms with van der Waals surface area (Å²) >= 11 is 4.86. The lowest BCUT2D eigenvalue weighted by Gasteiger charge is -2.14. The van der Waals surface area contributed by atoms with Gasteiger partial charge in [0.1, 0.15) is 4.93 Å². The van der Waals surface area contributed by atoms with Gasteiger partial charge in [0.2, 0.25) is 0 Å². The molecule has 0 saturated carbocycles. The minimum atomic E-state index is -0.366. The van der Waals surface area contributed by atoms with Crippen LogP contribution in [0, 0.1) is 0 Å². The average molecular weight is 119 g/mol. The molecule has 0 aliphatic carbocycles. The molecule has 43 valence electrons. The lowest BCUT2D eigenvalue weighted by atomic mass is 10.5. The van der Waals surface area contributed by atoms with E-state index in [1.807, 2.05) is 20.8 Å². The minimum absolute atomic E-state index is 0.366. The molecule has 0 saturated heterocycles. The fraction of sp³-hybridized carbons (Fsp3) is 1.00. The Morgan fingerprint density at radius 1 is 1.57 bits per heavy atom. The second kappa shape index (κ2) is 2.58. The van der Waals surface area contributed by atoms with Crippen LogP contribution < -0.4 is 0 Å². The van der Waals surface area contributed by atoms with Gasteiger partial charge in [0.05, 0.1) is 0 Å². The third-order valence-corrected chi connectivity index (χ3v) is 0.610. The van der Waals surface area contributed by atoms with Crippen molar-refractivity contribution >= 4 is 12.6 Å². The van der Waals surface area contributed by atoms with Crippen LogP contribution in [-0.4, -0.2) is 11.5 Å². The summed E-state index contributed by atoms with van der Waals surface area (Å²) in [4.78, 5) is -0.366. The predicted octanol–water partition coefficient (Wildman–Crippen LogP) is 1.96. The highest BCUT2D eigenvalue weighted by Crippen LogP contribution is 2.11. The maximum Gasteiger partial charge on any atom is 0.118 e. The van der Waals surface area contributed by atoms with E-state index in [0.717, 1.165) is 0 Å². The van der Waals surface area contributed by atoms with Crippen molar-refractivity contribution in [3.8, 4) is 0 Å². The zero-order valence-electron chi connectivity index (χ0n) is 5.02. The summed E-state index contributed by atoms with van der Waals surface area (Å²) in [5.41, 5.74) is 0. The first kappa shape index (κ1) is 7.31. The quantitative estimate of drug-likeness (QED) is 0.540. The summed E-state index contributed by atoms with van der Waals surface area (Å²) < 4.78 is 5.04. The second-order valence-electron chi connectivity index (χ2n) is 1.83. The van der Waals surface area contributed by atoms with E-state index >= 15 is 0 Å². The molecule has 0 unspecified atom stereocenters. The summed E-state index contributed by atoms with van der Waals surface area (Å²) in [6, 6.07) is 0. The van der Waals surface area contributed by atoms with E-state index in [4.69, 9.17) is 17.4 Å². The molecule has 0 bridgehead atoms. The first-order valence-electron chi connectivity index (χ1n) is 2.40. The standard InChI is InChI=1S/C5H11OS/c1-4-6-5(2,3)7/h4H2,1-3H3. The highest BCUT2D eigenvalue weighted by Gasteiger charge is 2.09. The van der Waals surface area contributed by atoms with E-state index < -0.39 is 0 Å². The van der Waals surface area contributed by atoms with Gasteiger partial charge in [-0.25, -0.2) is 0 Å². The van der Waals surface area contributed by atoms with Gasteiger partial charge in [-0.05, 0) is 20.8 Å². The molecule has 0 aromatic rings. The molecule has 0 fully saturated rings. The first-order valence-corrected chi connectivity index (χ1v) is 2.81. The lowest BCUT2D eigenvalue weighted by Crippen LogP contribution is -2.14. The van der Waals surface area contributed by atoms with Crippen LogP contribution in [0.2, 0.25) is 0 Å². The van der Waals surface area contributed by atoms with E-state index in [2.05, 4.69) is 0 Å². The Hall–Kier alpha value is 0.310. The highest BCUT2D eigenvalue weighted by atomic mass is 32.1. The van der Waals surface area contributed by atoms with Gasteiger partial charge < -0.3 is 4.74 Å². The molecule has 0 N–H and O–H groups in total. The van der Waals surface area contributed by atoms with Gasteiger partial charge in [0, 0.05) is 6.61 Å². The van der Waals surface area contributed by atoms with Crippen molar-refractivity contribution in [2.75, 3.05) is 6.61 Å². The summed E-state index contributed by atoms with van der Waals surface area (Å²) in [5, 5.41) is 0. The van der Waals surface area contributed by atoms with Gasteiger partial charge in [-0.2, -0.15) is 0 Å². The number of hydrogen-bond donors (Lipinski definition) is 0. The largest absolute Gasteiger partial charge is 0.364 e. The van der Waals surface area contributed by atoms with Crippen molar-refractivity contribution in [1.82, 2.24) is 0 Å². The molecule has 0 aliphatic rings. The Labute approximate surface area is 50.5 Å². The van der Waals surface area contributed by atoms with Crippen LogP contribution >= 0.6 is 12.6 Å². The van der Waals surface area contributed by atoms with Crippen molar-refractivity contribution in [3.63, 3.8) is 0 Å². The van der Waals surface area contributed by atoms with E-state index in [-0.39, 0.29) is 4.93 Å². The molecular weight excluding hydrogens is 108 g/mol. The topological polar surface area (TPSA) is 9.23 Å². The van der Waals surface area contributed by atoms with E-state index in [9.17, 15) is 0 Å². The van der Waals surface area contributed by atoms with Crippen LogP contribution in [0.4, 0.5) is 0 Å². The average Bonchev–Trinajstić information content (AvgIpc) is 1.30. The third kappa shape index (κ3) is 6.31. The zero-order valence-corrected chi connectivity index (χ0v) is 5.84. The van der Waals surface area contributed by atoms with Crippen LogP contribution in [-0.2, 0) is 4.74 Å². The Morgan fingerprint density at radius 2 is 2.00 bits per heavy atom. The van der Waals surface area contributed by atoms with Crippen molar-refractivity contribution in [2.45, 2.75) is 25.7 Å². The molecule has 2 heteroatoms. The normalized spacial score (nSPS) is 12.0. The molecule has 0 spiro atoms. The van der Waals surface area contributed by atoms with Gasteiger partial charge in [-0.3, -0.25) is 0 Å².